The molecule has 1 amide bonds. The van der Waals surface area contributed by atoms with E-state index < -0.39 is 49.5 Å². The summed E-state index contributed by atoms with van der Waals surface area (Å²) >= 11 is 0. The van der Waals surface area contributed by atoms with Gasteiger partial charge < -0.3 is 45.1 Å². The standard InChI is InChI=1S/C69H133NO10/c1-3-5-7-9-11-13-15-36-39-43-47-51-55-62(72)61(60-79-69-68(77)67(76)66(75)63(59-71)80-69)70-64(73)56-52-48-44-40-37-33-31-29-27-25-23-21-19-17-16-18-20-22-24-26-28-30-32-34-38-42-46-50-54-58-78-65(74)57-53-49-45-41-35-14-12-10-8-6-4-2/h51,55,61-63,66-69,71-72,75-77H,3-50,52-54,56-60H2,1-2H3,(H,70,73)/b55-51+. The monoisotopic (exact) mass is 1140 g/mol. The van der Waals surface area contributed by atoms with Crippen LogP contribution in [0.3, 0.4) is 0 Å². The quantitative estimate of drug-likeness (QED) is 0.0195. The van der Waals surface area contributed by atoms with Gasteiger partial charge in [-0.1, -0.05) is 321 Å². The molecule has 80 heavy (non-hydrogen) atoms. The Kier molecular flexibility index (Phi) is 56.5. The molecule has 1 heterocycles. The summed E-state index contributed by atoms with van der Waals surface area (Å²) in [7, 11) is 0. The number of hydrogen-bond acceptors (Lipinski definition) is 10. The molecule has 0 aliphatic carbocycles. The smallest absolute Gasteiger partial charge is 0.305 e. The maximum Gasteiger partial charge on any atom is 0.305 e. The molecular weight excluding hydrogens is 1000 g/mol. The average molecular weight is 1140 g/mol. The van der Waals surface area contributed by atoms with Crippen LogP contribution in [-0.2, 0) is 23.8 Å². The van der Waals surface area contributed by atoms with Crippen molar-refractivity contribution in [2.45, 2.75) is 397 Å². The molecule has 0 aromatic heterocycles. The lowest BCUT2D eigenvalue weighted by atomic mass is 9.99. The van der Waals surface area contributed by atoms with Crippen LogP contribution in [0.25, 0.3) is 0 Å². The summed E-state index contributed by atoms with van der Waals surface area (Å²) in [5, 5.41) is 54.5. The van der Waals surface area contributed by atoms with E-state index in [1.54, 1.807) is 6.08 Å². The fourth-order valence-electron chi connectivity index (χ4n) is 11.4. The number of amides is 1. The zero-order valence-corrected chi connectivity index (χ0v) is 52.6. The molecule has 1 rings (SSSR count). The largest absolute Gasteiger partial charge is 0.466 e. The first-order chi connectivity index (χ1) is 39.2. The zero-order valence-electron chi connectivity index (χ0n) is 52.6. The number of esters is 1. The minimum atomic E-state index is -1.57. The fourth-order valence-corrected chi connectivity index (χ4v) is 11.4. The lowest BCUT2D eigenvalue weighted by Gasteiger charge is -2.40. The third-order valence-corrected chi connectivity index (χ3v) is 16.9. The van der Waals surface area contributed by atoms with Gasteiger partial charge in [0.2, 0.25) is 5.91 Å². The lowest BCUT2D eigenvalue weighted by molar-refractivity contribution is -0.302. The summed E-state index contributed by atoms with van der Waals surface area (Å²) < 4.78 is 16.7. The van der Waals surface area contributed by atoms with Crippen LogP contribution in [0.1, 0.15) is 354 Å². The van der Waals surface area contributed by atoms with Crippen LogP contribution in [0, 0.1) is 0 Å². The third kappa shape index (κ3) is 47.7. The van der Waals surface area contributed by atoms with E-state index in [-0.39, 0.29) is 18.5 Å². The van der Waals surface area contributed by atoms with Crippen LogP contribution >= 0.6 is 0 Å². The van der Waals surface area contributed by atoms with E-state index >= 15 is 0 Å². The van der Waals surface area contributed by atoms with Crippen molar-refractivity contribution in [3.8, 4) is 0 Å². The summed E-state index contributed by atoms with van der Waals surface area (Å²) in [6.07, 6.45) is 62.0. The average Bonchev–Trinajstić information content (AvgIpc) is 3.46. The van der Waals surface area contributed by atoms with Crippen molar-refractivity contribution < 1.29 is 49.3 Å². The lowest BCUT2D eigenvalue weighted by Crippen LogP contribution is -2.60. The number of carbonyl (C=O) groups is 2. The third-order valence-electron chi connectivity index (χ3n) is 16.9. The molecule has 7 unspecified atom stereocenters. The van der Waals surface area contributed by atoms with Gasteiger partial charge in [0.25, 0.3) is 0 Å². The van der Waals surface area contributed by atoms with Crippen LogP contribution in [0.2, 0.25) is 0 Å². The first-order valence-electron chi connectivity index (χ1n) is 35.0. The molecule has 0 saturated carbocycles. The molecule has 1 saturated heterocycles. The van der Waals surface area contributed by atoms with Gasteiger partial charge in [0, 0.05) is 12.8 Å². The van der Waals surface area contributed by atoms with Crippen molar-refractivity contribution in [1.82, 2.24) is 5.32 Å². The normalized spacial score (nSPS) is 18.3. The van der Waals surface area contributed by atoms with Crippen molar-refractivity contribution in [2.75, 3.05) is 19.8 Å². The van der Waals surface area contributed by atoms with Crippen LogP contribution < -0.4 is 5.32 Å². The molecule has 1 aliphatic heterocycles. The van der Waals surface area contributed by atoms with Crippen molar-refractivity contribution in [3.63, 3.8) is 0 Å². The van der Waals surface area contributed by atoms with E-state index in [1.807, 2.05) is 6.08 Å². The molecule has 474 valence electrons. The molecule has 0 radical (unpaired) electrons. The number of nitrogens with one attached hydrogen (secondary N) is 1. The van der Waals surface area contributed by atoms with Gasteiger partial charge in [0.05, 0.1) is 32.0 Å². The second-order valence-corrected chi connectivity index (χ2v) is 24.6. The van der Waals surface area contributed by atoms with Gasteiger partial charge in [-0.2, -0.15) is 0 Å². The summed E-state index contributed by atoms with van der Waals surface area (Å²) in [6.45, 7) is 4.38. The fraction of sp³-hybridized carbons (Fsp3) is 0.942. The summed E-state index contributed by atoms with van der Waals surface area (Å²) in [5.41, 5.74) is 0. The van der Waals surface area contributed by atoms with Gasteiger partial charge in [-0.15, -0.1) is 0 Å². The van der Waals surface area contributed by atoms with Crippen LogP contribution in [-0.4, -0.2) is 100 Å². The van der Waals surface area contributed by atoms with Crippen molar-refractivity contribution >= 4 is 11.9 Å². The number of carbonyl (C=O) groups excluding carboxylic acids is 2. The maximum atomic E-state index is 13.1. The number of aliphatic hydroxyl groups excluding tert-OH is 5. The topological polar surface area (TPSA) is 175 Å². The number of hydrogen-bond donors (Lipinski definition) is 6. The minimum absolute atomic E-state index is 0.0112. The maximum absolute atomic E-state index is 13.1. The number of rotatable bonds is 62. The Morgan fingerprint density at radius 2 is 0.787 bits per heavy atom. The molecule has 0 spiro atoms. The highest BCUT2D eigenvalue weighted by molar-refractivity contribution is 5.76. The Hall–Kier alpha value is -1.60. The molecule has 0 aromatic rings. The molecule has 7 atom stereocenters. The number of ether oxygens (including phenoxy) is 3. The van der Waals surface area contributed by atoms with Gasteiger partial charge in [-0.3, -0.25) is 9.59 Å². The van der Waals surface area contributed by atoms with Crippen LogP contribution in [0.5, 0.6) is 0 Å². The molecule has 0 aromatic carbocycles. The van der Waals surface area contributed by atoms with Crippen molar-refractivity contribution in [2.24, 2.45) is 0 Å². The Morgan fingerprint density at radius 1 is 0.450 bits per heavy atom. The predicted octanol–water partition coefficient (Wildman–Crippen LogP) is 17.5. The molecule has 11 nitrogen and oxygen atoms in total. The van der Waals surface area contributed by atoms with Crippen LogP contribution in [0.15, 0.2) is 12.2 Å². The Balaban J connectivity index is 1.95. The van der Waals surface area contributed by atoms with Crippen molar-refractivity contribution in [1.29, 1.82) is 0 Å². The number of allylic oxidation sites excluding steroid dienone is 1. The highest BCUT2D eigenvalue weighted by Gasteiger charge is 2.44. The van der Waals surface area contributed by atoms with Gasteiger partial charge in [0.15, 0.2) is 6.29 Å². The minimum Gasteiger partial charge on any atom is -0.466 e. The van der Waals surface area contributed by atoms with Gasteiger partial charge in [-0.25, -0.2) is 0 Å². The molecule has 6 N–H and O–H groups in total. The van der Waals surface area contributed by atoms with E-state index in [4.69, 9.17) is 14.2 Å². The highest BCUT2D eigenvalue weighted by atomic mass is 16.7. The second-order valence-electron chi connectivity index (χ2n) is 24.6. The Bertz CT molecular complexity index is 1330. The second kappa shape index (κ2) is 59.1. The Labute approximate surface area is 493 Å². The predicted molar refractivity (Wildman–Crippen MR) is 334 cm³/mol. The zero-order chi connectivity index (χ0) is 58.0. The van der Waals surface area contributed by atoms with Gasteiger partial charge in [0.1, 0.15) is 24.4 Å². The summed E-state index contributed by atoms with van der Waals surface area (Å²) in [5.74, 6) is -0.165. The van der Waals surface area contributed by atoms with Crippen molar-refractivity contribution in [3.05, 3.63) is 12.2 Å². The van der Waals surface area contributed by atoms with Gasteiger partial charge in [-0.05, 0) is 32.1 Å². The Morgan fingerprint density at radius 3 is 1.16 bits per heavy atom. The highest BCUT2D eigenvalue weighted by Crippen LogP contribution is 2.23. The first-order valence-corrected chi connectivity index (χ1v) is 35.0. The summed E-state index contributed by atoms with van der Waals surface area (Å²) in [4.78, 5) is 25.1. The number of aliphatic hydroxyl groups is 5. The van der Waals surface area contributed by atoms with Gasteiger partial charge >= 0.3 is 5.97 Å². The van der Waals surface area contributed by atoms with E-state index in [0.29, 0.717) is 19.4 Å². The molecular formula is C69H133NO10. The molecule has 11 heteroatoms. The van der Waals surface area contributed by atoms with E-state index in [0.717, 1.165) is 51.4 Å². The SMILES string of the molecule is CCCCCCCCCCCC/C=C/C(O)C(COC1OC(CO)C(O)C(O)C1O)NC(=O)CCCCCCCCCCCCCCCCCCCCCCCCCCCCCCCOC(=O)CCCCCCCCCCCCC. The summed E-state index contributed by atoms with van der Waals surface area (Å²) in [6, 6.07) is -0.806. The first kappa shape index (κ1) is 76.4. The molecule has 0 bridgehead atoms. The van der Waals surface area contributed by atoms with E-state index in [2.05, 4.69) is 19.2 Å². The molecule has 1 fully saturated rings. The number of unbranched alkanes of at least 4 members (excludes halogenated alkanes) is 48. The van der Waals surface area contributed by atoms with Crippen LogP contribution in [0.4, 0.5) is 0 Å². The van der Waals surface area contributed by atoms with E-state index in [1.165, 1.54) is 276 Å². The van der Waals surface area contributed by atoms with E-state index in [9.17, 15) is 35.1 Å². The molecule has 1 aliphatic rings.